The van der Waals surface area contributed by atoms with Crippen LogP contribution in [0.3, 0.4) is 0 Å². The van der Waals surface area contributed by atoms with Gasteiger partial charge in [-0.1, -0.05) is 31.2 Å². The second-order valence-corrected chi connectivity index (χ2v) is 4.63. The molecule has 0 bridgehead atoms. The Kier molecular flexibility index (Phi) is 4.86. The van der Waals surface area contributed by atoms with Crippen molar-refractivity contribution in [1.29, 1.82) is 0 Å². The van der Waals surface area contributed by atoms with E-state index in [0.717, 1.165) is 24.2 Å². The lowest BCUT2D eigenvalue weighted by Crippen LogP contribution is -2.13. The molecule has 0 amide bonds. The highest BCUT2D eigenvalue weighted by Crippen LogP contribution is 2.28. The highest BCUT2D eigenvalue weighted by atomic mass is 19.1. The molecule has 1 atom stereocenters. The molecule has 0 spiro atoms. The van der Waals surface area contributed by atoms with Crippen molar-refractivity contribution in [2.75, 3.05) is 6.54 Å². The highest BCUT2D eigenvalue weighted by Gasteiger charge is 2.22. The Morgan fingerprint density at radius 1 is 1.24 bits per heavy atom. The Morgan fingerprint density at radius 2 is 1.82 bits per heavy atom. The fraction of sp³-hybridized carbons (Fsp3) is 0.533. The van der Waals surface area contributed by atoms with Gasteiger partial charge >= 0.3 is 0 Å². The van der Waals surface area contributed by atoms with Gasteiger partial charge in [0, 0.05) is 18.7 Å². The van der Waals surface area contributed by atoms with Crippen molar-refractivity contribution in [2.45, 2.75) is 46.2 Å². The second kappa shape index (κ2) is 5.95. The van der Waals surface area contributed by atoms with E-state index in [1.54, 1.807) is 6.92 Å². The van der Waals surface area contributed by atoms with Gasteiger partial charge in [-0.25, -0.2) is 4.39 Å². The van der Waals surface area contributed by atoms with E-state index in [0.29, 0.717) is 6.42 Å². The van der Waals surface area contributed by atoms with Gasteiger partial charge in [-0.05, 0) is 38.3 Å². The van der Waals surface area contributed by atoms with Crippen LogP contribution in [-0.2, 0) is 12.1 Å². The van der Waals surface area contributed by atoms with Crippen molar-refractivity contribution in [3.05, 3.63) is 35.4 Å². The Bertz CT molecular complexity index is 376. The molecule has 1 rings (SSSR count). The molecule has 0 heterocycles. The second-order valence-electron chi connectivity index (χ2n) is 4.63. The first-order valence-electron chi connectivity index (χ1n) is 6.28. The highest BCUT2D eigenvalue weighted by molar-refractivity contribution is 5.84. The minimum atomic E-state index is -1.22. The van der Waals surface area contributed by atoms with Crippen molar-refractivity contribution in [3.8, 4) is 0 Å². The minimum Gasteiger partial charge on any atom is -0.294 e. The van der Waals surface area contributed by atoms with Gasteiger partial charge < -0.3 is 0 Å². The molecule has 0 aromatic heterocycles. The summed E-state index contributed by atoms with van der Waals surface area (Å²) in [6, 6.07) is 7.77. The van der Waals surface area contributed by atoms with E-state index in [-0.39, 0.29) is 0 Å². The zero-order chi connectivity index (χ0) is 12.9. The molecular weight excluding hydrogens is 213 g/mol. The standard InChI is InChI=1S/C15H22FN/c1-5-15(4,16)14-9-7-13(8-10-14)11-12(3)17-6-2/h7-10H,5-6,11H2,1-4H3. The molecule has 0 radical (unpaired) electrons. The van der Waals surface area contributed by atoms with Crippen LogP contribution in [0.5, 0.6) is 0 Å². The first-order valence-corrected chi connectivity index (χ1v) is 6.28. The molecule has 0 saturated carbocycles. The quantitative estimate of drug-likeness (QED) is 0.674. The molecular formula is C15H22FN. The lowest BCUT2D eigenvalue weighted by Gasteiger charge is -2.18. The molecule has 0 saturated heterocycles. The largest absolute Gasteiger partial charge is 0.294 e. The summed E-state index contributed by atoms with van der Waals surface area (Å²) < 4.78 is 14.0. The molecule has 0 N–H and O–H groups in total. The predicted molar refractivity (Wildman–Crippen MR) is 72.5 cm³/mol. The Hall–Kier alpha value is -1.18. The Labute approximate surface area is 104 Å². The summed E-state index contributed by atoms with van der Waals surface area (Å²) in [6.45, 7) is 8.38. The molecule has 1 nitrogen and oxygen atoms in total. The number of hydrogen-bond acceptors (Lipinski definition) is 1. The SMILES string of the molecule is CCN=C(C)Cc1ccc(C(C)(F)CC)cc1. The molecule has 2 heteroatoms. The van der Waals surface area contributed by atoms with Crippen LogP contribution in [0.2, 0.25) is 0 Å². The molecule has 0 aliphatic rings. The number of nitrogens with zero attached hydrogens (tertiary/aromatic N) is 1. The van der Waals surface area contributed by atoms with E-state index in [9.17, 15) is 4.39 Å². The van der Waals surface area contributed by atoms with E-state index < -0.39 is 5.67 Å². The number of alkyl halides is 1. The van der Waals surface area contributed by atoms with Crippen molar-refractivity contribution in [3.63, 3.8) is 0 Å². The number of aliphatic imine (C=N–C) groups is 1. The smallest absolute Gasteiger partial charge is 0.133 e. The number of rotatable bonds is 5. The molecule has 17 heavy (non-hydrogen) atoms. The first kappa shape index (κ1) is 13.9. The van der Waals surface area contributed by atoms with Gasteiger partial charge in [0.25, 0.3) is 0 Å². The van der Waals surface area contributed by atoms with E-state index in [1.807, 2.05) is 45.0 Å². The summed E-state index contributed by atoms with van der Waals surface area (Å²) in [7, 11) is 0. The van der Waals surface area contributed by atoms with Crippen LogP contribution in [0.25, 0.3) is 0 Å². The maximum absolute atomic E-state index is 14.0. The third-order valence-electron chi connectivity index (χ3n) is 3.11. The summed E-state index contributed by atoms with van der Waals surface area (Å²) in [6.07, 6.45) is 1.35. The molecule has 1 aromatic carbocycles. The number of hydrogen-bond donors (Lipinski definition) is 0. The molecule has 0 fully saturated rings. The van der Waals surface area contributed by atoms with Crippen LogP contribution in [0.4, 0.5) is 4.39 Å². The van der Waals surface area contributed by atoms with Gasteiger partial charge in [0.15, 0.2) is 0 Å². The summed E-state index contributed by atoms with van der Waals surface area (Å²) in [5, 5.41) is 0. The van der Waals surface area contributed by atoms with Crippen LogP contribution in [-0.4, -0.2) is 12.3 Å². The number of benzene rings is 1. The fourth-order valence-corrected chi connectivity index (χ4v) is 1.80. The normalized spacial score (nSPS) is 15.7. The predicted octanol–water partition coefficient (Wildman–Crippen LogP) is 4.30. The summed E-state index contributed by atoms with van der Waals surface area (Å²) in [5.74, 6) is 0. The third-order valence-corrected chi connectivity index (χ3v) is 3.11. The average Bonchev–Trinajstić information content (AvgIpc) is 2.30. The fourth-order valence-electron chi connectivity index (χ4n) is 1.80. The minimum absolute atomic E-state index is 0.503. The first-order chi connectivity index (χ1) is 7.99. The maximum Gasteiger partial charge on any atom is 0.133 e. The van der Waals surface area contributed by atoms with Gasteiger partial charge in [-0.15, -0.1) is 0 Å². The van der Waals surface area contributed by atoms with Crippen LogP contribution >= 0.6 is 0 Å². The van der Waals surface area contributed by atoms with Crippen LogP contribution in [0.15, 0.2) is 29.3 Å². The van der Waals surface area contributed by atoms with Gasteiger partial charge in [0.2, 0.25) is 0 Å². The van der Waals surface area contributed by atoms with E-state index >= 15 is 0 Å². The lowest BCUT2D eigenvalue weighted by atomic mass is 9.94. The van der Waals surface area contributed by atoms with Crippen molar-refractivity contribution in [2.24, 2.45) is 4.99 Å². The lowest BCUT2D eigenvalue weighted by molar-refractivity contribution is 0.185. The van der Waals surface area contributed by atoms with Crippen LogP contribution in [0, 0.1) is 0 Å². The van der Waals surface area contributed by atoms with E-state index in [2.05, 4.69) is 4.99 Å². The molecule has 1 unspecified atom stereocenters. The van der Waals surface area contributed by atoms with E-state index in [1.165, 1.54) is 5.56 Å². The van der Waals surface area contributed by atoms with Gasteiger partial charge in [0.05, 0.1) is 0 Å². The number of halogens is 1. The van der Waals surface area contributed by atoms with E-state index in [4.69, 9.17) is 0 Å². The third kappa shape index (κ3) is 3.95. The van der Waals surface area contributed by atoms with Crippen molar-refractivity contribution < 1.29 is 4.39 Å². The summed E-state index contributed by atoms with van der Waals surface area (Å²) in [4.78, 5) is 4.35. The van der Waals surface area contributed by atoms with Crippen LogP contribution < -0.4 is 0 Å². The molecule has 1 aromatic rings. The Morgan fingerprint density at radius 3 is 2.29 bits per heavy atom. The van der Waals surface area contributed by atoms with Gasteiger partial charge in [0.1, 0.15) is 5.67 Å². The molecule has 94 valence electrons. The van der Waals surface area contributed by atoms with Crippen LogP contribution in [0.1, 0.15) is 45.2 Å². The average molecular weight is 235 g/mol. The zero-order valence-corrected chi connectivity index (χ0v) is 11.3. The summed E-state index contributed by atoms with van der Waals surface area (Å²) in [5.41, 5.74) is 1.85. The van der Waals surface area contributed by atoms with Gasteiger partial charge in [-0.3, -0.25) is 4.99 Å². The Balaban J connectivity index is 2.78. The molecule has 0 aliphatic carbocycles. The zero-order valence-electron chi connectivity index (χ0n) is 11.3. The van der Waals surface area contributed by atoms with Crippen molar-refractivity contribution in [1.82, 2.24) is 0 Å². The molecule has 0 aliphatic heterocycles. The monoisotopic (exact) mass is 235 g/mol. The summed E-state index contributed by atoms with van der Waals surface area (Å²) >= 11 is 0. The van der Waals surface area contributed by atoms with Gasteiger partial charge in [-0.2, -0.15) is 0 Å². The topological polar surface area (TPSA) is 12.4 Å². The van der Waals surface area contributed by atoms with Crippen molar-refractivity contribution >= 4 is 5.71 Å². The maximum atomic E-state index is 14.0.